The number of thiocarbonyl (C=S) groups is 1. The van der Waals surface area contributed by atoms with Crippen molar-refractivity contribution >= 4 is 57.9 Å². The highest BCUT2D eigenvalue weighted by Gasteiger charge is 2.31. The van der Waals surface area contributed by atoms with E-state index in [0.29, 0.717) is 33.8 Å². The molecular weight excluding hydrogens is 402 g/mol. The van der Waals surface area contributed by atoms with Crippen molar-refractivity contribution in [3.8, 4) is 0 Å². The molecule has 1 aromatic carbocycles. The van der Waals surface area contributed by atoms with Gasteiger partial charge in [0.25, 0.3) is 5.91 Å². The van der Waals surface area contributed by atoms with Crippen LogP contribution in [0.2, 0.25) is 5.02 Å². The first-order valence-electron chi connectivity index (χ1n) is 9.18. The molecule has 0 aliphatic carbocycles. The van der Waals surface area contributed by atoms with E-state index in [1.54, 1.807) is 17.0 Å². The van der Waals surface area contributed by atoms with E-state index in [4.69, 9.17) is 28.6 Å². The van der Waals surface area contributed by atoms with Crippen molar-refractivity contribution < 1.29 is 14.3 Å². The molecule has 27 heavy (non-hydrogen) atoms. The number of carbonyl (C=O) groups is 2. The second kappa shape index (κ2) is 11.5. The van der Waals surface area contributed by atoms with Crippen molar-refractivity contribution in [2.75, 3.05) is 13.2 Å². The molecule has 2 rings (SSSR count). The Bertz CT molecular complexity index is 704. The maximum atomic E-state index is 12.6. The lowest BCUT2D eigenvalue weighted by atomic mass is 10.2. The average molecular weight is 426 g/mol. The number of unbranched alkanes of at least 4 members (excludes halogenated alkanes) is 3. The molecule has 0 N–H and O–H groups in total. The fourth-order valence-electron chi connectivity index (χ4n) is 2.52. The van der Waals surface area contributed by atoms with Crippen molar-refractivity contribution in [2.24, 2.45) is 0 Å². The highest BCUT2D eigenvalue weighted by molar-refractivity contribution is 8.26. The van der Waals surface area contributed by atoms with Crippen LogP contribution in [0, 0.1) is 0 Å². The molecule has 0 saturated carbocycles. The van der Waals surface area contributed by atoms with E-state index in [9.17, 15) is 9.59 Å². The Morgan fingerprint density at radius 3 is 2.67 bits per heavy atom. The molecule has 4 nitrogen and oxygen atoms in total. The van der Waals surface area contributed by atoms with Crippen LogP contribution in [0.4, 0.5) is 0 Å². The number of nitrogens with zero attached hydrogens (tertiary/aromatic N) is 1. The summed E-state index contributed by atoms with van der Waals surface area (Å²) < 4.78 is 5.71. The van der Waals surface area contributed by atoms with E-state index in [-0.39, 0.29) is 11.9 Å². The molecule has 0 bridgehead atoms. The van der Waals surface area contributed by atoms with Crippen molar-refractivity contribution in [2.45, 2.75) is 45.4 Å². The Morgan fingerprint density at radius 1 is 1.22 bits per heavy atom. The molecular formula is C20H24ClNO3S2. The van der Waals surface area contributed by atoms with Crippen LogP contribution in [0.3, 0.4) is 0 Å². The first kappa shape index (κ1) is 21.9. The fraction of sp³-hybridized carbons (Fsp3) is 0.450. The molecule has 0 unspecified atom stereocenters. The fourth-order valence-corrected chi connectivity index (χ4v) is 3.96. The van der Waals surface area contributed by atoms with Crippen LogP contribution in [-0.4, -0.2) is 34.2 Å². The second-order valence-electron chi connectivity index (χ2n) is 6.27. The van der Waals surface area contributed by atoms with E-state index >= 15 is 0 Å². The van der Waals surface area contributed by atoms with Gasteiger partial charge >= 0.3 is 5.97 Å². The summed E-state index contributed by atoms with van der Waals surface area (Å²) in [5, 5.41) is 0.661. The van der Waals surface area contributed by atoms with Crippen LogP contribution in [0.25, 0.3) is 6.08 Å². The minimum Gasteiger partial charge on any atom is -0.466 e. The summed E-state index contributed by atoms with van der Waals surface area (Å²) in [5.74, 6) is -0.195. The standard InChI is InChI=1S/C20H24ClNO3S2/c1-2-3-13-25-18(23)7-5-4-6-12-22-19(24)17(27-20(22)26)14-15-8-10-16(21)11-9-15/h8-11,14H,2-7,12-13H2,1H3/b17-14+. The minimum absolute atomic E-state index is 0.0566. The van der Waals surface area contributed by atoms with Gasteiger partial charge in [-0.15, -0.1) is 0 Å². The van der Waals surface area contributed by atoms with Gasteiger partial charge in [-0.1, -0.05) is 67.5 Å². The number of carbonyl (C=O) groups excluding carboxylic acids is 2. The molecule has 7 heteroatoms. The molecule has 1 fully saturated rings. The van der Waals surface area contributed by atoms with Crippen LogP contribution in [0.15, 0.2) is 29.2 Å². The Balaban J connectivity index is 1.74. The molecule has 0 spiro atoms. The maximum absolute atomic E-state index is 12.6. The van der Waals surface area contributed by atoms with Gasteiger partial charge in [0.15, 0.2) is 0 Å². The first-order valence-corrected chi connectivity index (χ1v) is 10.8. The van der Waals surface area contributed by atoms with Gasteiger partial charge in [0.05, 0.1) is 11.5 Å². The Morgan fingerprint density at radius 2 is 1.96 bits per heavy atom. The largest absolute Gasteiger partial charge is 0.466 e. The van der Waals surface area contributed by atoms with Crippen molar-refractivity contribution in [1.82, 2.24) is 4.90 Å². The topological polar surface area (TPSA) is 46.6 Å². The zero-order valence-corrected chi connectivity index (χ0v) is 17.8. The Kier molecular flexibility index (Phi) is 9.31. The van der Waals surface area contributed by atoms with E-state index < -0.39 is 0 Å². The number of thioether (sulfide) groups is 1. The van der Waals surface area contributed by atoms with E-state index in [2.05, 4.69) is 6.92 Å². The lowest BCUT2D eigenvalue weighted by Gasteiger charge is -2.14. The smallest absolute Gasteiger partial charge is 0.305 e. The number of rotatable bonds is 10. The number of hydrogen-bond donors (Lipinski definition) is 0. The molecule has 1 amide bonds. The normalized spacial score (nSPS) is 15.6. The Labute approximate surface area is 175 Å². The molecule has 0 atom stereocenters. The van der Waals surface area contributed by atoms with Crippen LogP contribution < -0.4 is 0 Å². The number of amides is 1. The lowest BCUT2D eigenvalue weighted by Crippen LogP contribution is -2.29. The number of benzene rings is 1. The van der Waals surface area contributed by atoms with Crippen molar-refractivity contribution in [3.05, 3.63) is 39.8 Å². The maximum Gasteiger partial charge on any atom is 0.305 e. The molecule has 1 aliphatic heterocycles. The van der Waals surface area contributed by atoms with Crippen LogP contribution in [-0.2, 0) is 14.3 Å². The van der Waals surface area contributed by atoms with Crippen LogP contribution in [0.5, 0.6) is 0 Å². The van der Waals surface area contributed by atoms with Gasteiger partial charge in [0.2, 0.25) is 0 Å². The summed E-state index contributed by atoms with van der Waals surface area (Å²) in [6.07, 6.45) is 6.62. The van der Waals surface area contributed by atoms with Gasteiger partial charge in [-0.25, -0.2) is 0 Å². The molecule has 1 aromatic rings. The van der Waals surface area contributed by atoms with E-state index in [0.717, 1.165) is 37.7 Å². The third-order valence-electron chi connectivity index (χ3n) is 4.06. The highest BCUT2D eigenvalue weighted by Crippen LogP contribution is 2.32. The highest BCUT2D eigenvalue weighted by atomic mass is 35.5. The number of ether oxygens (including phenoxy) is 1. The monoisotopic (exact) mass is 425 g/mol. The van der Waals surface area contributed by atoms with Gasteiger partial charge in [0, 0.05) is 18.0 Å². The van der Waals surface area contributed by atoms with Gasteiger partial charge in [-0.2, -0.15) is 0 Å². The molecule has 1 heterocycles. The second-order valence-corrected chi connectivity index (χ2v) is 8.38. The molecule has 1 saturated heterocycles. The van der Waals surface area contributed by atoms with E-state index in [1.165, 1.54) is 11.8 Å². The lowest BCUT2D eigenvalue weighted by molar-refractivity contribution is -0.143. The summed E-state index contributed by atoms with van der Waals surface area (Å²) in [4.78, 5) is 26.4. The molecule has 146 valence electrons. The predicted molar refractivity (Wildman–Crippen MR) is 116 cm³/mol. The third kappa shape index (κ3) is 7.28. The third-order valence-corrected chi connectivity index (χ3v) is 5.69. The van der Waals surface area contributed by atoms with Gasteiger partial charge in [-0.3, -0.25) is 14.5 Å². The van der Waals surface area contributed by atoms with E-state index in [1.807, 2.05) is 18.2 Å². The Hall–Kier alpha value is -1.37. The summed E-state index contributed by atoms with van der Waals surface area (Å²) in [6, 6.07) is 7.33. The summed E-state index contributed by atoms with van der Waals surface area (Å²) >= 11 is 12.6. The van der Waals surface area contributed by atoms with Crippen LogP contribution in [0.1, 0.15) is 51.0 Å². The number of hydrogen-bond acceptors (Lipinski definition) is 5. The minimum atomic E-state index is -0.139. The average Bonchev–Trinajstić information content (AvgIpc) is 2.90. The van der Waals surface area contributed by atoms with Crippen molar-refractivity contribution in [1.29, 1.82) is 0 Å². The summed E-state index contributed by atoms with van der Waals surface area (Å²) in [7, 11) is 0. The first-order chi connectivity index (χ1) is 13.0. The SMILES string of the molecule is CCCCOC(=O)CCCCCN1C(=O)/C(=C\c2ccc(Cl)cc2)SC1=S. The zero-order valence-electron chi connectivity index (χ0n) is 15.4. The number of halogens is 1. The molecule has 0 radical (unpaired) electrons. The van der Waals surface area contributed by atoms with Gasteiger partial charge in [-0.05, 0) is 43.0 Å². The predicted octanol–water partition coefficient (Wildman–Crippen LogP) is 5.44. The number of esters is 1. The molecule has 1 aliphatic rings. The van der Waals surface area contributed by atoms with Crippen LogP contribution >= 0.6 is 35.6 Å². The van der Waals surface area contributed by atoms with Gasteiger partial charge < -0.3 is 4.74 Å². The quantitative estimate of drug-likeness (QED) is 0.216. The molecule has 0 aromatic heterocycles. The summed E-state index contributed by atoms with van der Waals surface area (Å²) in [6.45, 7) is 3.14. The summed E-state index contributed by atoms with van der Waals surface area (Å²) in [5.41, 5.74) is 0.918. The van der Waals surface area contributed by atoms with Crippen molar-refractivity contribution in [3.63, 3.8) is 0 Å². The zero-order chi connectivity index (χ0) is 19.6. The van der Waals surface area contributed by atoms with Gasteiger partial charge in [0.1, 0.15) is 4.32 Å².